The van der Waals surface area contributed by atoms with Gasteiger partial charge in [0.1, 0.15) is 24.6 Å². The summed E-state index contributed by atoms with van der Waals surface area (Å²) in [6, 6.07) is 0. The Morgan fingerprint density at radius 2 is 2.04 bits per heavy atom. The fourth-order valence-corrected chi connectivity index (χ4v) is 2.76. The van der Waals surface area contributed by atoms with E-state index in [1.807, 2.05) is 0 Å². The first-order valence-electron chi connectivity index (χ1n) is 8.00. The molecule has 2 heterocycles. The van der Waals surface area contributed by atoms with E-state index < -0.39 is 48.5 Å². The largest absolute Gasteiger partial charge is 0.394 e. The molecule has 10 heteroatoms. The summed E-state index contributed by atoms with van der Waals surface area (Å²) < 4.78 is 7.12. The molecule has 1 fully saturated rings. The van der Waals surface area contributed by atoms with Crippen molar-refractivity contribution >= 4 is 6.29 Å². The van der Waals surface area contributed by atoms with Crippen molar-refractivity contribution in [3.8, 4) is 0 Å². The molecule has 1 aromatic heterocycles. The van der Waals surface area contributed by atoms with E-state index >= 15 is 0 Å². The van der Waals surface area contributed by atoms with Gasteiger partial charge in [0, 0.05) is 23.9 Å². The van der Waals surface area contributed by atoms with Crippen LogP contribution in [-0.4, -0.2) is 66.9 Å². The Morgan fingerprint density at radius 3 is 2.58 bits per heavy atom. The minimum atomic E-state index is -1.48. The lowest BCUT2D eigenvalue weighted by molar-refractivity contribution is -0.105. The van der Waals surface area contributed by atoms with Crippen LogP contribution in [0.15, 0.2) is 27.9 Å². The molecule has 3 unspecified atom stereocenters. The molecular formula is C16H22N2O8. The number of aromatic nitrogens is 2. The van der Waals surface area contributed by atoms with Gasteiger partial charge in [-0.1, -0.05) is 6.58 Å². The standard InChI is InChI=1S/C16H22N2O8/c1-8-5-18(15-13(23)12(22)11(7-20)26-15)16(25)17(14(8)24)4-3-10(21)9(2)6-19/h5-6,10-13,15,20-23H,2-4,7H2,1H3/t10?,11-,12?,13?,15-/m1/s1. The van der Waals surface area contributed by atoms with Crippen molar-refractivity contribution in [1.82, 2.24) is 9.13 Å². The molecule has 4 N–H and O–H groups in total. The Bertz CT molecular complexity index is 798. The lowest BCUT2D eigenvalue weighted by atomic mass is 10.1. The number of aryl methyl sites for hydroxylation is 1. The predicted molar refractivity (Wildman–Crippen MR) is 88.5 cm³/mol. The Balaban J connectivity index is 2.37. The average Bonchev–Trinajstić information content (AvgIpc) is 2.91. The third-order valence-electron chi connectivity index (χ3n) is 4.36. The van der Waals surface area contributed by atoms with Crippen molar-refractivity contribution in [3.05, 3.63) is 44.8 Å². The number of nitrogens with zero attached hydrogens (tertiary/aromatic N) is 2. The first-order valence-corrected chi connectivity index (χ1v) is 8.00. The van der Waals surface area contributed by atoms with E-state index in [9.17, 15) is 29.7 Å². The van der Waals surface area contributed by atoms with Crippen LogP contribution in [0.4, 0.5) is 0 Å². The Kier molecular flexibility index (Phi) is 6.26. The summed E-state index contributed by atoms with van der Waals surface area (Å²) in [7, 11) is 0. The van der Waals surface area contributed by atoms with Gasteiger partial charge in [0.15, 0.2) is 6.23 Å². The first kappa shape index (κ1) is 20.2. The fraction of sp³-hybridized carbons (Fsp3) is 0.562. The molecule has 1 saturated heterocycles. The molecule has 0 aliphatic carbocycles. The van der Waals surface area contributed by atoms with Crippen molar-refractivity contribution in [2.24, 2.45) is 0 Å². The molecule has 0 bridgehead atoms. The normalized spacial score (nSPS) is 26.7. The van der Waals surface area contributed by atoms with Crippen molar-refractivity contribution in [3.63, 3.8) is 0 Å². The second-order valence-corrected chi connectivity index (χ2v) is 6.18. The molecule has 2 rings (SSSR count). The van der Waals surface area contributed by atoms with Gasteiger partial charge in [0.05, 0.1) is 12.7 Å². The van der Waals surface area contributed by atoms with Crippen molar-refractivity contribution in [2.45, 2.75) is 50.5 Å². The molecule has 1 aromatic rings. The maximum absolute atomic E-state index is 12.6. The van der Waals surface area contributed by atoms with Crippen molar-refractivity contribution in [2.75, 3.05) is 6.61 Å². The molecule has 1 aliphatic heterocycles. The first-order chi connectivity index (χ1) is 12.2. The molecule has 10 nitrogen and oxygen atoms in total. The Hall–Kier alpha value is -2.11. The van der Waals surface area contributed by atoms with E-state index in [0.717, 1.165) is 9.13 Å². The molecule has 5 atom stereocenters. The van der Waals surface area contributed by atoms with Crippen LogP contribution >= 0.6 is 0 Å². The summed E-state index contributed by atoms with van der Waals surface area (Å²) in [6.07, 6.45) is -4.93. The molecular weight excluding hydrogens is 348 g/mol. The van der Waals surface area contributed by atoms with Gasteiger partial charge in [-0.2, -0.15) is 0 Å². The number of hydrogen-bond donors (Lipinski definition) is 4. The molecule has 0 spiro atoms. The molecule has 0 saturated carbocycles. The van der Waals surface area contributed by atoms with Gasteiger partial charge in [-0.15, -0.1) is 0 Å². The van der Waals surface area contributed by atoms with Crippen LogP contribution in [0.2, 0.25) is 0 Å². The maximum Gasteiger partial charge on any atom is 0.333 e. The second kappa shape index (κ2) is 8.06. The van der Waals surface area contributed by atoms with Crippen LogP contribution in [0.5, 0.6) is 0 Å². The molecule has 26 heavy (non-hydrogen) atoms. The molecule has 0 aromatic carbocycles. The topological polar surface area (TPSA) is 151 Å². The van der Waals surface area contributed by atoms with Gasteiger partial charge in [-0.25, -0.2) is 4.79 Å². The van der Waals surface area contributed by atoms with Crippen LogP contribution in [0.1, 0.15) is 18.2 Å². The fourth-order valence-electron chi connectivity index (χ4n) is 2.76. The van der Waals surface area contributed by atoms with E-state index in [1.165, 1.54) is 13.1 Å². The number of aldehydes is 1. The molecule has 1 aliphatic rings. The summed E-state index contributed by atoms with van der Waals surface area (Å²) in [5.74, 6) is 0. The van der Waals surface area contributed by atoms with E-state index in [2.05, 4.69) is 6.58 Å². The summed E-state index contributed by atoms with van der Waals surface area (Å²) in [5, 5.41) is 38.9. The van der Waals surface area contributed by atoms with Gasteiger partial charge >= 0.3 is 5.69 Å². The minimum Gasteiger partial charge on any atom is -0.394 e. The third kappa shape index (κ3) is 3.69. The van der Waals surface area contributed by atoms with E-state index in [4.69, 9.17) is 9.84 Å². The van der Waals surface area contributed by atoms with Crippen molar-refractivity contribution < 1.29 is 30.0 Å². The van der Waals surface area contributed by atoms with Crippen LogP contribution in [0.25, 0.3) is 0 Å². The highest BCUT2D eigenvalue weighted by atomic mass is 16.6. The van der Waals surface area contributed by atoms with Gasteiger partial charge in [0.25, 0.3) is 5.56 Å². The summed E-state index contributed by atoms with van der Waals surface area (Å²) >= 11 is 0. The van der Waals surface area contributed by atoms with Gasteiger partial charge in [0.2, 0.25) is 0 Å². The number of aliphatic hydroxyl groups excluding tert-OH is 4. The van der Waals surface area contributed by atoms with E-state index in [-0.39, 0.29) is 24.1 Å². The zero-order chi connectivity index (χ0) is 19.6. The lowest BCUT2D eigenvalue weighted by Crippen LogP contribution is -2.44. The van der Waals surface area contributed by atoms with Crippen LogP contribution in [0, 0.1) is 6.92 Å². The smallest absolute Gasteiger partial charge is 0.333 e. The van der Waals surface area contributed by atoms with Crippen LogP contribution < -0.4 is 11.2 Å². The number of aliphatic hydroxyl groups is 4. The monoisotopic (exact) mass is 370 g/mol. The van der Waals surface area contributed by atoms with Crippen molar-refractivity contribution in [1.29, 1.82) is 0 Å². The van der Waals surface area contributed by atoms with Crippen LogP contribution in [0.3, 0.4) is 0 Å². The highest BCUT2D eigenvalue weighted by Gasteiger charge is 2.44. The number of ether oxygens (including phenoxy) is 1. The number of hydrogen-bond acceptors (Lipinski definition) is 8. The zero-order valence-corrected chi connectivity index (χ0v) is 14.2. The zero-order valence-electron chi connectivity index (χ0n) is 14.2. The third-order valence-corrected chi connectivity index (χ3v) is 4.36. The lowest BCUT2D eigenvalue weighted by Gasteiger charge is -2.20. The Labute approximate surface area is 148 Å². The SMILES string of the molecule is C=C(C=O)C(O)CCn1c(=O)c(C)cn([C@@H]2O[C@H](CO)C(O)C2O)c1=O. The highest BCUT2D eigenvalue weighted by molar-refractivity contribution is 5.73. The van der Waals surface area contributed by atoms with Gasteiger partial charge < -0.3 is 25.2 Å². The van der Waals surface area contributed by atoms with Crippen LogP contribution in [-0.2, 0) is 16.1 Å². The minimum absolute atomic E-state index is 0.0746. The van der Waals surface area contributed by atoms with Gasteiger partial charge in [-0.05, 0) is 13.3 Å². The number of rotatable bonds is 7. The molecule has 0 radical (unpaired) electrons. The maximum atomic E-state index is 12.6. The second-order valence-electron chi connectivity index (χ2n) is 6.18. The van der Waals surface area contributed by atoms with Gasteiger partial charge in [-0.3, -0.25) is 18.7 Å². The average molecular weight is 370 g/mol. The quantitative estimate of drug-likeness (QED) is 0.302. The molecule has 144 valence electrons. The number of carbonyl (C=O) groups excluding carboxylic acids is 1. The summed E-state index contributed by atoms with van der Waals surface area (Å²) in [4.78, 5) is 35.5. The van der Waals surface area contributed by atoms with E-state index in [0.29, 0.717) is 6.29 Å². The summed E-state index contributed by atoms with van der Waals surface area (Å²) in [6.45, 7) is 4.08. The summed E-state index contributed by atoms with van der Waals surface area (Å²) in [5.41, 5.74) is -1.32. The number of carbonyl (C=O) groups is 1. The van der Waals surface area contributed by atoms with E-state index in [1.54, 1.807) is 0 Å². The highest BCUT2D eigenvalue weighted by Crippen LogP contribution is 2.28. The predicted octanol–water partition coefficient (Wildman–Crippen LogP) is -2.56. The Morgan fingerprint density at radius 1 is 1.38 bits per heavy atom. The molecule has 0 amide bonds.